The molecule has 3 rings (SSSR count). The van der Waals surface area contributed by atoms with Crippen LogP contribution in [-0.2, 0) is 6.54 Å². The highest BCUT2D eigenvalue weighted by molar-refractivity contribution is 5.47. The van der Waals surface area contributed by atoms with Gasteiger partial charge in [0.15, 0.2) is 23.2 Å². The van der Waals surface area contributed by atoms with E-state index in [4.69, 9.17) is 4.74 Å². The van der Waals surface area contributed by atoms with Crippen LogP contribution in [0.1, 0.15) is 18.4 Å². The van der Waals surface area contributed by atoms with Gasteiger partial charge >= 0.3 is 0 Å². The number of methoxy groups -OCH3 is 1. The van der Waals surface area contributed by atoms with Gasteiger partial charge in [-0.1, -0.05) is 6.07 Å². The van der Waals surface area contributed by atoms with Crippen LogP contribution in [0.3, 0.4) is 0 Å². The number of halogens is 3. The summed E-state index contributed by atoms with van der Waals surface area (Å²) in [4.78, 5) is 2.05. The van der Waals surface area contributed by atoms with E-state index in [1.165, 1.54) is 19.2 Å². The molecule has 0 saturated carbocycles. The number of ether oxygens (including phenoxy) is 1. The molecule has 0 spiro atoms. The molecule has 1 fully saturated rings. The first-order valence-corrected chi connectivity index (χ1v) is 8.32. The normalized spacial score (nSPS) is 15.4. The number of hydrogen-bond acceptors (Lipinski definition) is 3. The van der Waals surface area contributed by atoms with Crippen LogP contribution in [0.15, 0.2) is 36.4 Å². The summed E-state index contributed by atoms with van der Waals surface area (Å²) in [5.74, 6) is -1.77. The Morgan fingerprint density at radius 1 is 1.00 bits per heavy atom. The molecule has 0 radical (unpaired) electrons. The Balaban J connectivity index is 1.51. The van der Waals surface area contributed by atoms with Crippen LogP contribution < -0.4 is 15.0 Å². The molecule has 0 unspecified atom stereocenters. The van der Waals surface area contributed by atoms with Crippen LogP contribution in [0, 0.1) is 17.5 Å². The van der Waals surface area contributed by atoms with Crippen molar-refractivity contribution in [1.82, 2.24) is 5.32 Å². The third kappa shape index (κ3) is 4.25. The molecule has 1 heterocycles. The molecule has 1 saturated heterocycles. The maximum Gasteiger partial charge on any atom is 0.165 e. The highest BCUT2D eigenvalue weighted by Crippen LogP contribution is 2.23. The summed E-state index contributed by atoms with van der Waals surface area (Å²) in [5, 5.41) is 3.43. The van der Waals surface area contributed by atoms with Crippen molar-refractivity contribution in [1.29, 1.82) is 0 Å². The lowest BCUT2D eigenvalue weighted by atomic mass is 10.0. The first-order valence-electron chi connectivity index (χ1n) is 8.32. The molecule has 1 N–H and O–H groups in total. The maximum absolute atomic E-state index is 13.7. The highest BCUT2D eigenvalue weighted by Gasteiger charge is 2.20. The van der Waals surface area contributed by atoms with Crippen molar-refractivity contribution in [3.8, 4) is 5.75 Å². The van der Waals surface area contributed by atoms with Crippen molar-refractivity contribution in [2.45, 2.75) is 25.4 Å². The lowest BCUT2D eigenvalue weighted by Gasteiger charge is -2.34. The highest BCUT2D eigenvalue weighted by atomic mass is 19.2. The molecule has 1 aliphatic heterocycles. The van der Waals surface area contributed by atoms with Crippen molar-refractivity contribution < 1.29 is 17.9 Å². The first-order chi connectivity index (χ1) is 12.1. The maximum atomic E-state index is 13.7. The summed E-state index contributed by atoms with van der Waals surface area (Å²) in [6, 6.07) is 9.25. The fourth-order valence-electron chi connectivity index (χ4n) is 3.11. The van der Waals surface area contributed by atoms with E-state index < -0.39 is 11.6 Å². The Morgan fingerprint density at radius 2 is 1.76 bits per heavy atom. The monoisotopic (exact) mass is 350 g/mol. The van der Waals surface area contributed by atoms with Gasteiger partial charge in [-0.15, -0.1) is 0 Å². The van der Waals surface area contributed by atoms with Crippen molar-refractivity contribution in [2.75, 3.05) is 25.1 Å². The van der Waals surface area contributed by atoms with Gasteiger partial charge in [0, 0.05) is 37.4 Å². The number of nitrogens with one attached hydrogen (secondary N) is 1. The predicted octanol–water partition coefficient (Wildman–Crippen LogP) is 3.87. The van der Waals surface area contributed by atoms with Crippen LogP contribution in [0.5, 0.6) is 5.75 Å². The van der Waals surface area contributed by atoms with Crippen molar-refractivity contribution in [3.63, 3.8) is 0 Å². The number of rotatable bonds is 5. The Labute approximate surface area is 145 Å². The van der Waals surface area contributed by atoms with Crippen LogP contribution in [0.4, 0.5) is 18.9 Å². The van der Waals surface area contributed by atoms with E-state index in [0.717, 1.165) is 37.6 Å². The van der Waals surface area contributed by atoms with E-state index in [2.05, 4.69) is 5.32 Å². The van der Waals surface area contributed by atoms with Gasteiger partial charge in [0.25, 0.3) is 0 Å². The van der Waals surface area contributed by atoms with Crippen molar-refractivity contribution >= 4 is 5.69 Å². The minimum atomic E-state index is -0.827. The van der Waals surface area contributed by atoms with E-state index in [1.54, 1.807) is 12.1 Å². The SMILES string of the molecule is COc1ccc(CNC2CCN(c3ccc(F)c(F)c3)CC2)cc1F. The molecule has 2 aromatic rings. The Hall–Kier alpha value is -2.21. The van der Waals surface area contributed by atoms with Gasteiger partial charge in [-0.3, -0.25) is 0 Å². The second kappa shape index (κ2) is 7.78. The average molecular weight is 350 g/mol. The Kier molecular flexibility index (Phi) is 5.48. The minimum absolute atomic E-state index is 0.239. The summed E-state index contributed by atoms with van der Waals surface area (Å²) in [6.45, 7) is 2.11. The number of hydrogen-bond donors (Lipinski definition) is 1. The zero-order valence-corrected chi connectivity index (χ0v) is 14.1. The molecular weight excluding hydrogens is 329 g/mol. The van der Waals surface area contributed by atoms with Crippen LogP contribution in [0.25, 0.3) is 0 Å². The van der Waals surface area contributed by atoms with Crippen LogP contribution in [0.2, 0.25) is 0 Å². The van der Waals surface area contributed by atoms with Gasteiger partial charge in [0.1, 0.15) is 0 Å². The molecule has 1 aliphatic rings. The zero-order valence-electron chi connectivity index (χ0n) is 14.1. The van der Waals surface area contributed by atoms with Crippen LogP contribution >= 0.6 is 0 Å². The average Bonchev–Trinajstić information content (AvgIpc) is 2.63. The second-order valence-corrected chi connectivity index (χ2v) is 6.21. The first kappa shape index (κ1) is 17.6. The molecule has 0 bridgehead atoms. The molecule has 3 nitrogen and oxygen atoms in total. The van der Waals surface area contributed by atoms with Gasteiger partial charge in [-0.05, 0) is 42.7 Å². The molecular formula is C19H21F3N2O. The molecule has 0 aromatic heterocycles. The minimum Gasteiger partial charge on any atom is -0.494 e. The molecule has 0 amide bonds. The number of nitrogens with zero attached hydrogens (tertiary/aromatic N) is 1. The number of anilines is 1. The van der Waals surface area contributed by atoms with E-state index in [-0.39, 0.29) is 11.6 Å². The summed E-state index contributed by atoms with van der Waals surface area (Å²) in [5.41, 5.74) is 1.57. The predicted molar refractivity (Wildman–Crippen MR) is 91.4 cm³/mol. The van der Waals surface area contributed by atoms with Gasteiger partial charge in [-0.2, -0.15) is 0 Å². The quantitative estimate of drug-likeness (QED) is 0.886. The van der Waals surface area contributed by atoms with Gasteiger partial charge in [0.05, 0.1) is 7.11 Å². The van der Waals surface area contributed by atoms with E-state index in [9.17, 15) is 13.2 Å². The summed E-state index contributed by atoms with van der Waals surface area (Å²) < 4.78 is 45.0. The fourth-order valence-corrected chi connectivity index (χ4v) is 3.11. The number of piperidine rings is 1. The molecule has 25 heavy (non-hydrogen) atoms. The summed E-state index contributed by atoms with van der Waals surface area (Å²) in [7, 11) is 1.44. The molecule has 0 atom stereocenters. The summed E-state index contributed by atoms with van der Waals surface area (Å²) in [6.07, 6.45) is 1.77. The second-order valence-electron chi connectivity index (χ2n) is 6.21. The third-order valence-electron chi connectivity index (χ3n) is 4.57. The number of benzene rings is 2. The lowest BCUT2D eigenvalue weighted by Crippen LogP contribution is -2.42. The van der Waals surface area contributed by atoms with E-state index in [0.29, 0.717) is 18.3 Å². The Bertz CT molecular complexity index is 731. The van der Waals surface area contributed by atoms with Gasteiger partial charge in [-0.25, -0.2) is 13.2 Å². The fraction of sp³-hybridized carbons (Fsp3) is 0.368. The lowest BCUT2D eigenvalue weighted by molar-refractivity contribution is 0.385. The topological polar surface area (TPSA) is 24.5 Å². The van der Waals surface area contributed by atoms with Gasteiger partial charge in [0.2, 0.25) is 0 Å². The van der Waals surface area contributed by atoms with Crippen LogP contribution in [-0.4, -0.2) is 26.2 Å². The molecule has 0 aliphatic carbocycles. The van der Waals surface area contributed by atoms with Gasteiger partial charge < -0.3 is 15.0 Å². The van der Waals surface area contributed by atoms with Crippen molar-refractivity contribution in [3.05, 3.63) is 59.4 Å². The van der Waals surface area contributed by atoms with E-state index in [1.807, 2.05) is 11.0 Å². The molecule has 6 heteroatoms. The Morgan fingerprint density at radius 3 is 2.40 bits per heavy atom. The summed E-state index contributed by atoms with van der Waals surface area (Å²) >= 11 is 0. The largest absolute Gasteiger partial charge is 0.494 e. The third-order valence-corrected chi connectivity index (χ3v) is 4.57. The smallest absolute Gasteiger partial charge is 0.165 e. The zero-order chi connectivity index (χ0) is 17.8. The molecule has 2 aromatic carbocycles. The molecule has 134 valence electrons. The standard InChI is InChI=1S/C19H21F3N2O/c1-25-19-5-2-13(10-18(19)22)12-23-14-6-8-24(9-7-14)15-3-4-16(20)17(21)11-15/h2-5,10-11,14,23H,6-9,12H2,1H3. The van der Waals surface area contributed by atoms with Crippen molar-refractivity contribution in [2.24, 2.45) is 0 Å². The van der Waals surface area contributed by atoms with E-state index >= 15 is 0 Å².